The van der Waals surface area contributed by atoms with Crippen LogP contribution in [-0.2, 0) is 0 Å². The van der Waals surface area contributed by atoms with E-state index < -0.39 is 0 Å². The number of furan rings is 1. The van der Waals surface area contributed by atoms with Gasteiger partial charge in [-0.15, -0.1) is 0 Å². The highest BCUT2D eigenvalue weighted by molar-refractivity contribution is 6.23. The Hall–Kier alpha value is -2.46. The van der Waals surface area contributed by atoms with Crippen LogP contribution in [0.2, 0.25) is 0 Å². The summed E-state index contributed by atoms with van der Waals surface area (Å²) in [6, 6.07) is 17.9. The average molecular weight is 262 g/mol. The lowest BCUT2D eigenvalue weighted by atomic mass is 10.0. The molecule has 0 amide bonds. The van der Waals surface area contributed by atoms with Gasteiger partial charge in [0.1, 0.15) is 11.3 Å². The third-order valence-electron chi connectivity index (χ3n) is 3.56. The second kappa shape index (κ2) is 4.29. The summed E-state index contributed by atoms with van der Waals surface area (Å²) >= 11 is 0. The minimum atomic E-state index is -0.371. The van der Waals surface area contributed by atoms with Crippen LogP contribution in [0.25, 0.3) is 32.7 Å². The minimum absolute atomic E-state index is 0.371. The second-order valence-corrected chi connectivity index (χ2v) is 4.67. The molecule has 0 aliphatic heterocycles. The number of benzene rings is 3. The lowest BCUT2D eigenvalue weighted by Gasteiger charge is -2.06. The van der Waals surface area contributed by atoms with Crippen LogP contribution in [0, 0.1) is 0 Å². The molecule has 4 heteroatoms. The molecular weight excluding hydrogens is 251 g/mol. The van der Waals surface area contributed by atoms with E-state index in [9.17, 15) is 0 Å². The van der Waals surface area contributed by atoms with Crippen LogP contribution in [-0.4, -0.2) is 12.7 Å². The summed E-state index contributed by atoms with van der Waals surface area (Å²) in [5.74, 6) is 0.567. The van der Waals surface area contributed by atoms with E-state index in [1.165, 1.54) is 0 Å². The first kappa shape index (κ1) is 11.4. The molecule has 1 aromatic heterocycles. The summed E-state index contributed by atoms with van der Waals surface area (Å²) in [5, 5.41) is 13.3. The van der Waals surface area contributed by atoms with Crippen LogP contribution < -0.4 is 4.65 Å². The normalized spacial score (nSPS) is 11.2. The molecular formula is C16H11BO3. The Morgan fingerprint density at radius 2 is 1.70 bits per heavy atom. The van der Waals surface area contributed by atoms with Gasteiger partial charge in [0.2, 0.25) is 0 Å². The van der Waals surface area contributed by atoms with Crippen LogP contribution in [0.3, 0.4) is 0 Å². The quantitative estimate of drug-likeness (QED) is 0.563. The fourth-order valence-corrected chi connectivity index (χ4v) is 2.72. The van der Waals surface area contributed by atoms with Crippen molar-refractivity contribution in [2.24, 2.45) is 0 Å². The Morgan fingerprint density at radius 1 is 0.950 bits per heavy atom. The SMILES string of the molecule is OBOc1cc2ccccc2c2c1oc1ccccc12. The van der Waals surface area contributed by atoms with Crippen molar-refractivity contribution >= 4 is 40.4 Å². The lowest BCUT2D eigenvalue weighted by molar-refractivity contribution is 0.451. The van der Waals surface area contributed by atoms with Crippen molar-refractivity contribution in [3.63, 3.8) is 0 Å². The zero-order chi connectivity index (χ0) is 13.5. The molecule has 0 bridgehead atoms. The first-order chi connectivity index (χ1) is 9.88. The number of para-hydroxylation sites is 1. The van der Waals surface area contributed by atoms with Gasteiger partial charge in [0.15, 0.2) is 5.58 Å². The number of fused-ring (bicyclic) bond motifs is 5. The molecule has 1 heterocycles. The van der Waals surface area contributed by atoms with Crippen molar-refractivity contribution in [1.29, 1.82) is 0 Å². The molecule has 0 saturated carbocycles. The molecule has 0 unspecified atom stereocenters. The van der Waals surface area contributed by atoms with Gasteiger partial charge < -0.3 is 14.1 Å². The lowest BCUT2D eigenvalue weighted by Crippen LogP contribution is -1.99. The van der Waals surface area contributed by atoms with Gasteiger partial charge in [-0.25, -0.2) is 0 Å². The minimum Gasteiger partial charge on any atom is -0.536 e. The summed E-state index contributed by atoms with van der Waals surface area (Å²) in [4.78, 5) is 0. The Balaban J connectivity index is 2.27. The van der Waals surface area contributed by atoms with E-state index in [0.717, 1.165) is 27.1 Å². The van der Waals surface area contributed by atoms with Crippen molar-refractivity contribution in [3.05, 3.63) is 54.6 Å². The van der Waals surface area contributed by atoms with Crippen LogP contribution in [0.15, 0.2) is 59.0 Å². The largest absolute Gasteiger partial charge is 0.536 e. The van der Waals surface area contributed by atoms with Gasteiger partial charge in [-0.1, -0.05) is 42.5 Å². The molecule has 0 radical (unpaired) electrons. The molecule has 0 atom stereocenters. The predicted molar refractivity (Wildman–Crippen MR) is 81.2 cm³/mol. The van der Waals surface area contributed by atoms with E-state index in [-0.39, 0.29) is 7.69 Å². The first-order valence-corrected chi connectivity index (χ1v) is 6.45. The molecule has 0 spiro atoms. The monoisotopic (exact) mass is 262 g/mol. The molecule has 96 valence electrons. The molecule has 3 nitrogen and oxygen atoms in total. The molecule has 0 saturated heterocycles. The summed E-state index contributed by atoms with van der Waals surface area (Å²) in [5.41, 5.74) is 1.50. The van der Waals surface area contributed by atoms with Crippen LogP contribution >= 0.6 is 0 Å². The molecule has 0 aliphatic rings. The van der Waals surface area contributed by atoms with Gasteiger partial charge in [0.05, 0.1) is 0 Å². The first-order valence-electron chi connectivity index (χ1n) is 6.45. The topological polar surface area (TPSA) is 42.6 Å². The highest BCUT2D eigenvalue weighted by atomic mass is 16.5. The van der Waals surface area contributed by atoms with Crippen molar-refractivity contribution in [1.82, 2.24) is 0 Å². The zero-order valence-electron chi connectivity index (χ0n) is 10.7. The number of hydrogen-bond acceptors (Lipinski definition) is 3. The molecule has 4 rings (SSSR count). The van der Waals surface area contributed by atoms with Crippen molar-refractivity contribution in [3.8, 4) is 5.75 Å². The Kier molecular flexibility index (Phi) is 2.44. The molecule has 0 aliphatic carbocycles. The fraction of sp³-hybridized carbons (Fsp3) is 0. The fourth-order valence-electron chi connectivity index (χ4n) is 2.72. The van der Waals surface area contributed by atoms with E-state index in [0.29, 0.717) is 11.3 Å². The summed E-state index contributed by atoms with van der Waals surface area (Å²) in [7, 11) is -0.371. The average Bonchev–Trinajstić information content (AvgIpc) is 2.88. The van der Waals surface area contributed by atoms with Gasteiger partial charge in [-0.05, 0) is 22.9 Å². The van der Waals surface area contributed by atoms with Crippen molar-refractivity contribution in [2.75, 3.05) is 0 Å². The van der Waals surface area contributed by atoms with E-state index in [4.69, 9.17) is 14.1 Å². The maximum Gasteiger partial charge on any atom is 0.504 e. The number of rotatable bonds is 2. The molecule has 0 fully saturated rings. The molecule has 1 N–H and O–H groups in total. The highest BCUT2D eigenvalue weighted by Gasteiger charge is 2.15. The Labute approximate surface area is 115 Å². The van der Waals surface area contributed by atoms with E-state index in [1.807, 2.05) is 48.5 Å². The second-order valence-electron chi connectivity index (χ2n) is 4.67. The van der Waals surface area contributed by atoms with Gasteiger partial charge in [-0.2, -0.15) is 0 Å². The molecule has 20 heavy (non-hydrogen) atoms. The third kappa shape index (κ3) is 1.52. The third-order valence-corrected chi connectivity index (χ3v) is 3.56. The van der Waals surface area contributed by atoms with Crippen LogP contribution in [0.1, 0.15) is 0 Å². The highest BCUT2D eigenvalue weighted by Crippen LogP contribution is 2.39. The Morgan fingerprint density at radius 3 is 2.55 bits per heavy atom. The van der Waals surface area contributed by atoms with E-state index in [1.54, 1.807) is 0 Å². The van der Waals surface area contributed by atoms with Gasteiger partial charge in [0.25, 0.3) is 0 Å². The summed E-state index contributed by atoms with van der Waals surface area (Å²) in [6.45, 7) is 0. The van der Waals surface area contributed by atoms with Crippen LogP contribution in [0.5, 0.6) is 5.75 Å². The summed E-state index contributed by atoms with van der Waals surface area (Å²) < 4.78 is 11.2. The predicted octanol–water partition coefficient (Wildman–Crippen LogP) is 3.38. The Bertz CT molecular complexity index is 927. The van der Waals surface area contributed by atoms with Gasteiger partial charge in [0, 0.05) is 10.8 Å². The van der Waals surface area contributed by atoms with E-state index in [2.05, 4.69) is 6.07 Å². The smallest absolute Gasteiger partial charge is 0.504 e. The number of hydrogen-bond donors (Lipinski definition) is 1. The van der Waals surface area contributed by atoms with Gasteiger partial charge >= 0.3 is 7.69 Å². The van der Waals surface area contributed by atoms with Crippen LogP contribution in [0.4, 0.5) is 0 Å². The van der Waals surface area contributed by atoms with Gasteiger partial charge in [-0.3, -0.25) is 0 Å². The van der Waals surface area contributed by atoms with Crippen molar-refractivity contribution in [2.45, 2.75) is 0 Å². The van der Waals surface area contributed by atoms with Crippen molar-refractivity contribution < 1.29 is 14.1 Å². The molecule has 3 aromatic carbocycles. The van der Waals surface area contributed by atoms with E-state index >= 15 is 0 Å². The standard InChI is InChI=1S/C16H11BO3/c18-17-20-14-9-10-5-1-2-6-11(10)15-12-7-3-4-8-13(12)19-16(14)15/h1-9,17-18H. The summed E-state index contributed by atoms with van der Waals surface area (Å²) in [6.07, 6.45) is 0. The molecule has 4 aromatic rings. The zero-order valence-corrected chi connectivity index (χ0v) is 10.7. The maximum atomic E-state index is 9.06. The maximum absolute atomic E-state index is 9.06.